The number of aromatic nitrogens is 4. The maximum absolute atomic E-state index is 5.65. The number of nitrogens with one attached hydrogen (secondary N) is 2. The van der Waals surface area contributed by atoms with Crippen LogP contribution >= 0.6 is 0 Å². The van der Waals surface area contributed by atoms with Crippen molar-refractivity contribution in [1.82, 2.24) is 30.0 Å². The number of hydrogen-bond acceptors (Lipinski definition) is 7. The summed E-state index contributed by atoms with van der Waals surface area (Å²) >= 11 is 0. The van der Waals surface area contributed by atoms with Crippen molar-refractivity contribution in [2.24, 2.45) is 0 Å². The molecule has 0 amide bonds. The molecule has 152 valence electrons. The Balaban J connectivity index is 1.48. The maximum atomic E-state index is 5.65. The van der Waals surface area contributed by atoms with E-state index in [9.17, 15) is 0 Å². The zero-order chi connectivity index (χ0) is 19.8. The highest BCUT2D eigenvalue weighted by molar-refractivity contribution is 5.76. The van der Waals surface area contributed by atoms with Gasteiger partial charge in [0.05, 0.1) is 30.4 Å². The molecule has 2 aliphatic heterocycles. The second-order valence-electron chi connectivity index (χ2n) is 7.98. The molecule has 29 heavy (non-hydrogen) atoms. The van der Waals surface area contributed by atoms with Gasteiger partial charge < -0.3 is 20.3 Å². The Kier molecular flexibility index (Phi) is 4.81. The summed E-state index contributed by atoms with van der Waals surface area (Å²) in [6.07, 6.45) is 6.87. The molecule has 5 rings (SSSR count). The summed E-state index contributed by atoms with van der Waals surface area (Å²) in [5.41, 5.74) is 4.45. The first kappa shape index (κ1) is 18.3. The van der Waals surface area contributed by atoms with Gasteiger partial charge in [0.1, 0.15) is 5.75 Å². The molecule has 2 N–H and O–H groups in total. The van der Waals surface area contributed by atoms with Crippen LogP contribution in [0, 0.1) is 0 Å². The van der Waals surface area contributed by atoms with E-state index in [0.717, 1.165) is 67.9 Å². The van der Waals surface area contributed by atoms with Crippen LogP contribution in [0.3, 0.4) is 0 Å². The quantitative estimate of drug-likeness (QED) is 0.705. The summed E-state index contributed by atoms with van der Waals surface area (Å²) < 4.78 is 7.70. The molecular weight excluding hydrogens is 366 g/mol. The van der Waals surface area contributed by atoms with Gasteiger partial charge in [-0.15, -0.1) is 0 Å². The Morgan fingerprint density at radius 1 is 1.17 bits per heavy atom. The zero-order valence-corrected chi connectivity index (χ0v) is 17.0. The number of piperidine rings is 1. The minimum atomic E-state index is 0.380. The number of hydrogen-bond donors (Lipinski definition) is 2. The number of likely N-dealkylation sites (N-methyl/N-ethyl adjacent to an activating group) is 1. The number of benzene rings is 1. The van der Waals surface area contributed by atoms with Crippen LogP contribution in [0.4, 0.5) is 11.6 Å². The van der Waals surface area contributed by atoms with Crippen LogP contribution in [0.25, 0.3) is 11.0 Å². The van der Waals surface area contributed by atoms with E-state index in [1.807, 2.05) is 12.4 Å². The van der Waals surface area contributed by atoms with Crippen molar-refractivity contribution >= 4 is 22.7 Å². The van der Waals surface area contributed by atoms with Gasteiger partial charge in [0.2, 0.25) is 5.95 Å². The van der Waals surface area contributed by atoms with Crippen LogP contribution in [0.15, 0.2) is 24.5 Å². The second kappa shape index (κ2) is 7.61. The minimum absolute atomic E-state index is 0.380. The van der Waals surface area contributed by atoms with Gasteiger partial charge in [0.25, 0.3) is 0 Å². The third kappa shape index (κ3) is 3.54. The molecule has 1 saturated heterocycles. The van der Waals surface area contributed by atoms with Gasteiger partial charge in [-0.1, -0.05) is 0 Å². The van der Waals surface area contributed by atoms with Gasteiger partial charge in [-0.2, -0.15) is 10.1 Å². The van der Waals surface area contributed by atoms with Crippen molar-refractivity contribution in [2.75, 3.05) is 39.1 Å². The van der Waals surface area contributed by atoms with E-state index in [1.165, 1.54) is 11.1 Å². The fourth-order valence-electron chi connectivity index (χ4n) is 4.33. The van der Waals surface area contributed by atoms with Gasteiger partial charge in [-0.05, 0) is 62.7 Å². The Labute approximate surface area is 170 Å². The molecular formula is C21H27N7O. The maximum Gasteiger partial charge on any atom is 0.229 e. The monoisotopic (exact) mass is 393 g/mol. The molecule has 0 radical (unpaired) electrons. The number of nitrogens with zero attached hydrogens (tertiary/aromatic N) is 5. The van der Waals surface area contributed by atoms with Crippen LogP contribution in [0.5, 0.6) is 5.75 Å². The average molecular weight is 393 g/mol. The largest absolute Gasteiger partial charge is 0.495 e. The van der Waals surface area contributed by atoms with E-state index >= 15 is 0 Å². The van der Waals surface area contributed by atoms with Crippen LogP contribution < -0.4 is 15.4 Å². The van der Waals surface area contributed by atoms with E-state index in [2.05, 4.69) is 49.5 Å². The summed E-state index contributed by atoms with van der Waals surface area (Å²) in [6, 6.07) is 4.69. The lowest BCUT2D eigenvalue weighted by atomic mass is 9.99. The van der Waals surface area contributed by atoms with Gasteiger partial charge in [-0.3, -0.25) is 0 Å². The Morgan fingerprint density at radius 2 is 2.03 bits per heavy atom. The SMILES string of the molecule is COc1cc2c(cc1Nc1ncc3cnn(C4CCNCC4)c3n1)CN(C)CC2. The fraction of sp³-hybridized carbons (Fsp3) is 0.476. The number of fused-ring (bicyclic) bond motifs is 2. The van der Waals surface area contributed by atoms with Crippen molar-refractivity contribution < 1.29 is 4.74 Å². The molecule has 1 aromatic carbocycles. The van der Waals surface area contributed by atoms with Crippen LogP contribution in [0.2, 0.25) is 0 Å². The highest BCUT2D eigenvalue weighted by Gasteiger charge is 2.20. The predicted molar refractivity (Wildman–Crippen MR) is 113 cm³/mol. The summed E-state index contributed by atoms with van der Waals surface area (Å²) in [5, 5.41) is 12.3. The third-order valence-corrected chi connectivity index (χ3v) is 5.96. The number of rotatable bonds is 4. The second-order valence-corrected chi connectivity index (χ2v) is 7.98. The highest BCUT2D eigenvalue weighted by Crippen LogP contribution is 2.33. The lowest BCUT2D eigenvalue weighted by Gasteiger charge is -2.26. The molecule has 2 aliphatic rings. The molecule has 0 aliphatic carbocycles. The Bertz CT molecular complexity index is 1030. The topological polar surface area (TPSA) is 80.1 Å². The van der Waals surface area contributed by atoms with Crippen molar-refractivity contribution in [3.8, 4) is 5.75 Å². The lowest BCUT2D eigenvalue weighted by Crippen LogP contribution is -2.30. The molecule has 1 fully saturated rings. The Morgan fingerprint density at radius 3 is 2.86 bits per heavy atom. The van der Waals surface area contributed by atoms with Crippen molar-refractivity contribution in [2.45, 2.75) is 31.8 Å². The van der Waals surface area contributed by atoms with E-state index in [0.29, 0.717) is 12.0 Å². The smallest absolute Gasteiger partial charge is 0.229 e. The number of methoxy groups -OCH3 is 1. The summed E-state index contributed by atoms with van der Waals surface area (Å²) in [6.45, 7) is 4.05. The third-order valence-electron chi connectivity index (χ3n) is 5.96. The molecule has 0 atom stereocenters. The average Bonchev–Trinajstić information content (AvgIpc) is 3.17. The minimum Gasteiger partial charge on any atom is -0.495 e. The molecule has 0 saturated carbocycles. The molecule has 0 bridgehead atoms. The molecule has 3 aromatic rings. The highest BCUT2D eigenvalue weighted by atomic mass is 16.5. The van der Waals surface area contributed by atoms with Crippen molar-refractivity contribution in [3.63, 3.8) is 0 Å². The lowest BCUT2D eigenvalue weighted by molar-refractivity contribution is 0.312. The van der Waals surface area contributed by atoms with E-state index in [1.54, 1.807) is 7.11 Å². The molecule has 0 spiro atoms. The number of anilines is 2. The first-order valence-electron chi connectivity index (χ1n) is 10.3. The van der Waals surface area contributed by atoms with Crippen LogP contribution in [-0.2, 0) is 13.0 Å². The van der Waals surface area contributed by atoms with Gasteiger partial charge in [0, 0.05) is 19.3 Å². The van der Waals surface area contributed by atoms with Gasteiger partial charge >= 0.3 is 0 Å². The Hall–Kier alpha value is -2.71. The molecule has 4 heterocycles. The van der Waals surface area contributed by atoms with Crippen LogP contribution in [-0.4, -0.2) is 58.4 Å². The van der Waals surface area contributed by atoms with E-state index < -0.39 is 0 Å². The van der Waals surface area contributed by atoms with Crippen molar-refractivity contribution in [3.05, 3.63) is 35.7 Å². The zero-order valence-electron chi connectivity index (χ0n) is 17.0. The van der Waals surface area contributed by atoms with E-state index in [-0.39, 0.29) is 0 Å². The summed E-state index contributed by atoms with van der Waals surface area (Å²) in [4.78, 5) is 11.6. The molecule has 0 unspecified atom stereocenters. The molecule has 8 heteroatoms. The first-order chi connectivity index (χ1) is 14.2. The fourth-order valence-corrected chi connectivity index (χ4v) is 4.33. The van der Waals surface area contributed by atoms with E-state index in [4.69, 9.17) is 9.72 Å². The molecule has 8 nitrogen and oxygen atoms in total. The summed E-state index contributed by atoms with van der Waals surface area (Å²) in [7, 11) is 3.86. The molecule has 2 aromatic heterocycles. The summed E-state index contributed by atoms with van der Waals surface area (Å²) in [5.74, 6) is 1.39. The van der Waals surface area contributed by atoms with Crippen LogP contribution in [0.1, 0.15) is 30.0 Å². The normalized spacial score (nSPS) is 18.0. The standard InChI is InChI=1S/C21H27N7O/c1-27-8-5-14-10-19(29-2)18(9-15(14)13-27)25-21-23-11-16-12-24-28(20(16)26-21)17-3-6-22-7-4-17/h9-12,17,22H,3-8,13H2,1-2H3,(H,23,25,26). The van der Waals surface area contributed by atoms with Gasteiger partial charge in [-0.25, -0.2) is 9.67 Å². The number of ether oxygens (including phenoxy) is 1. The first-order valence-corrected chi connectivity index (χ1v) is 10.3. The predicted octanol–water partition coefficient (Wildman–Crippen LogP) is 2.49. The van der Waals surface area contributed by atoms with Gasteiger partial charge in [0.15, 0.2) is 5.65 Å². The van der Waals surface area contributed by atoms with Crippen molar-refractivity contribution in [1.29, 1.82) is 0 Å².